The fourth-order valence-corrected chi connectivity index (χ4v) is 8.42. The molecule has 1 saturated carbocycles. The van der Waals surface area contributed by atoms with Crippen molar-refractivity contribution < 1.29 is 38.2 Å². The Morgan fingerprint density at radius 3 is 2.12 bits per heavy atom. The standard InChI is InChI=1S/C49H61N11O8/c1-28-42(29(2)56-44(55-28)32-10-13-35(14-11-32)68-34-7-5-6-8-34)47(63)58-38(17-18-50)49(65)60(4)43-33-12-16-41(67-24-21-53)37(27-33)36-25-31(9-15-40(36)66-23-20-52)26-39(46(62)54-22-19-51)59-45(61)30(3)57-48(43)64/h9-16,25,27,30,34,38-39,43H,5-8,17-18,20-24,26,50,52-53H2,1-4H3,(H,54,62)(H,57,64)(H,58,63)(H,59,61)/t30-,38?,39-,43-/m0/s1. The molecule has 1 aliphatic carbocycles. The molecule has 5 amide bonds. The summed E-state index contributed by atoms with van der Waals surface area (Å²) in [4.78, 5) is 81.1. The Kier molecular flexibility index (Phi) is 17.4. The van der Waals surface area contributed by atoms with Crippen LogP contribution in [0.3, 0.4) is 0 Å². The summed E-state index contributed by atoms with van der Waals surface area (Å²) in [6, 6.07) is 14.5. The van der Waals surface area contributed by atoms with Gasteiger partial charge in [0.1, 0.15) is 61.2 Å². The Morgan fingerprint density at radius 2 is 1.50 bits per heavy atom. The quantitative estimate of drug-likeness (QED) is 0.0748. The van der Waals surface area contributed by atoms with E-state index in [1.54, 1.807) is 50.2 Å². The maximum atomic E-state index is 14.8. The lowest BCUT2D eigenvalue weighted by molar-refractivity contribution is -0.141. The van der Waals surface area contributed by atoms with Gasteiger partial charge in [0.2, 0.25) is 23.6 Å². The van der Waals surface area contributed by atoms with Gasteiger partial charge in [-0.3, -0.25) is 24.0 Å². The van der Waals surface area contributed by atoms with Crippen LogP contribution < -0.4 is 52.7 Å². The van der Waals surface area contributed by atoms with Gasteiger partial charge in [0, 0.05) is 43.2 Å². The number of hydrogen-bond acceptors (Lipinski definition) is 14. The van der Waals surface area contributed by atoms with Crippen molar-refractivity contribution in [1.29, 1.82) is 5.26 Å². The van der Waals surface area contributed by atoms with E-state index in [0.717, 1.165) is 37.0 Å². The van der Waals surface area contributed by atoms with Crippen LogP contribution >= 0.6 is 0 Å². The van der Waals surface area contributed by atoms with Crippen molar-refractivity contribution >= 4 is 29.5 Å². The minimum Gasteiger partial charge on any atom is -0.492 e. The number of fused-ring (bicyclic) bond motifs is 5. The van der Waals surface area contributed by atoms with Gasteiger partial charge >= 0.3 is 0 Å². The number of ether oxygens (including phenoxy) is 3. The highest BCUT2D eigenvalue weighted by Gasteiger charge is 2.36. The van der Waals surface area contributed by atoms with E-state index in [1.165, 1.54) is 18.9 Å². The summed E-state index contributed by atoms with van der Waals surface area (Å²) in [5.41, 5.74) is 21.3. The molecule has 4 atom stereocenters. The van der Waals surface area contributed by atoms with E-state index in [0.29, 0.717) is 51.0 Å². The number of nitriles is 1. The number of hydrogen-bond donors (Lipinski definition) is 7. The van der Waals surface area contributed by atoms with Crippen molar-refractivity contribution in [3.8, 4) is 45.8 Å². The number of benzene rings is 3. The molecule has 360 valence electrons. The molecule has 1 unspecified atom stereocenters. The zero-order valence-corrected chi connectivity index (χ0v) is 38.9. The minimum absolute atomic E-state index is 0.000106. The van der Waals surface area contributed by atoms with Gasteiger partial charge in [-0.1, -0.05) is 12.1 Å². The van der Waals surface area contributed by atoms with Gasteiger partial charge in [-0.15, -0.1) is 0 Å². The number of carbonyl (C=O) groups excluding carboxylic acids is 5. The van der Waals surface area contributed by atoms with E-state index in [1.807, 2.05) is 30.3 Å². The van der Waals surface area contributed by atoms with Crippen LogP contribution in [-0.4, -0.2) is 115 Å². The van der Waals surface area contributed by atoms with Gasteiger partial charge in [0.05, 0.1) is 29.1 Å². The molecule has 1 aromatic heterocycles. The molecule has 1 aliphatic heterocycles. The second kappa shape index (κ2) is 23.5. The first-order chi connectivity index (χ1) is 32.8. The molecule has 3 aromatic carbocycles. The summed E-state index contributed by atoms with van der Waals surface area (Å²) in [6.07, 6.45) is 4.60. The Balaban J connectivity index is 1.35. The fraction of sp³-hybridized carbons (Fsp3) is 0.429. The second-order valence-electron chi connectivity index (χ2n) is 16.8. The maximum absolute atomic E-state index is 14.8. The smallest absolute Gasteiger partial charge is 0.255 e. The topological polar surface area (TPSA) is 292 Å². The summed E-state index contributed by atoms with van der Waals surface area (Å²) < 4.78 is 18.3. The lowest BCUT2D eigenvalue weighted by Crippen LogP contribution is -2.56. The van der Waals surface area contributed by atoms with Gasteiger partial charge < -0.3 is 57.6 Å². The molecule has 2 heterocycles. The first-order valence-electron chi connectivity index (χ1n) is 22.8. The Labute approximate surface area is 395 Å². The van der Waals surface area contributed by atoms with Crippen molar-refractivity contribution in [3.63, 3.8) is 0 Å². The lowest BCUT2D eigenvalue weighted by Gasteiger charge is -2.32. The number of rotatable bonds is 17. The van der Waals surface area contributed by atoms with Crippen LogP contribution in [0.1, 0.15) is 77.9 Å². The predicted molar refractivity (Wildman–Crippen MR) is 253 cm³/mol. The van der Waals surface area contributed by atoms with Crippen LogP contribution in [-0.2, 0) is 25.6 Å². The van der Waals surface area contributed by atoms with Crippen LogP contribution in [0.2, 0.25) is 0 Å². The Morgan fingerprint density at radius 1 is 0.868 bits per heavy atom. The van der Waals surface area contributed by atoms with Crippen LogP contribution in [0.4, 0.5) is 0 Å². The Bertz CT molecular complexity index is 2480. The third kappa shape index (κ3) is 12.2. The third-order valence-electron chi connectivity index (χ3n) is 11.8. The number of nitrogens with two attached hydrogens (primary N) is 3. The molecule has 68 heavy (non-hydrogen) atoms. The normalized spacial score (nSPS) is 17.6. The monoisotopic (exact) mass is 931 g/mol. The average molecular weight is 932 g/mol. The van der Waals surface area contributed by atoms with Gasteiger partial charge in [0.25, 0.3) is 5.91 Å². The van der Waals surface area contributed by atoms with Gasteiger partial charge in [-0.2, -0.15) is 5.26 Å². The maximum Gasteiger partial charge on any atom is 0.255 e. The number of nitrogens with one attached hydrogen (secondary N) is 4. The summed E-state index contributed by atoms with van der Waals surface area (Å²) in [7, 11) is 1.42. The molecule has 19 nitrogen and oxygen atoms in total. The van der Waals surface area contributed by atoms with Crippen LogP contribution in [0.5, 0.6) is 17.2 Å². The zero-order chi connectivity index (χ0) is 48.9. The number of amides is 5. The molecule has 10 N–H and O–H groups in total. The number of likely N-dealkylation sites (N-methyl/N-ethyl adjacent to an activating group) is 1. The first kappa shape index (κ1) is 50.3. The summed E-state index contributed by atoms with van der Waals surface area (Å²) in [5.74, 6) is -1.41. The summed E-state index contributed by atoms with van der Waals surface area (Å²) in [6.45, 7) is 5.17. The number of aromatic nitrogens is 2. The average Bonchev–Trinajstić information content (AvgIpc) is 3.84. The van der Waals surface area contributed by atoms with Crippen molar-refractivity contribution in [2.75, 3.05) is 46.4 Å². The lowest BCUT2D eigenvalue weighted by atomic mass is 9.93. The Hall–Kier alpha value is -7.14. The van der Waals surface area contributed by atoms with Crippen LogP contribution in [0, 0.1) is 25.2 Å². The highest BCUT2D eigenvalue weighted by molar-refractivity contribution is 6.00. The highest BCUT2D eigenvalue weighted by Crippen LogP contribution is 2.40. The van der Waals surface area contributed by atoms with Gasteiger partial charge in [-0.25, -0.2) is 9.97 Å². The molecular formula is C49H61N11O8. The molecule has 1 fully saturated rings. The molecular weight excluding hydrogens is 871 g/mol. The molecule has 6 rings (SSSR count). The number of aryl methyl sites for hydroxylation is 2. The van der Waals surface area contributed by atoms with E-state index >= 15 is 0 Å². The van der Waals surface area contributed by atoms with Crippen molar-refractivity contribution in [2.24, 2.45) is 17.2 Å². The van der Waals surface area contributed by atoms with E-state index in [-0.39, 0.29) is 63.9 Å². The molecule has 4 aromatic rings. The SMILES string of the molecule is Cc1nc(-c2ccc(OC3CCCC3)cc2)nc(C)c1C(=O)NC(CCN)C(=O)N(C)[C@@H]1C(=O)N[C@@H](C)C(=O)N[C@H](C(=O)NCC#N)Cc2ccc(OCCN)c(c2)-c2cc1ccc2OCCN. The van der Waals surface area contributed by atoms with Crippen LogP contribution in [0.15, 0.2) is 60.7 Å². The second-order valence-corrected chi connectivity index (χ2v) is 16.8. The molecule has 4 bridgehead atoms. The first-order valence-corrected chi connectivity index (χ1v) is 22.8. The zero-order valence-electron chi connectivity index (χ0n) is 38.9. The molecule has 19 heteroatoms. The molecule has 0 saturated heterocycles. The van der Waals surface area contributed by atoms with Crippen LogP contribution in [0.25, 0.3) is 22.5 Å². The minimum atomic E-state index is -1.41. The fourth-order valence-electron chi connectivity index (χ4n) is 8.42. The summed E-state index contributed by atoms with van der Waals surface area (Å²) in [5, 5.41) is 19.9. The van der Waals surface area contributed by atoms with E-state index < -0.39 is 53.7 Å². The van der Waals surface area contributed by atoms with Crippen molar-refractivity contribution in [1.82, 2.24) is 36.1 Å². The van der Waals surface area contributed by atoms with E-state index in [4.69, 9.17) is 31.4 Å². The van der Waals surface area contributed by atoms with Gasteiger partial charge in [-0.05, 0) is 119 Å². The largest absolute Gasteiger partial charge is 0.492 e. The van der Waals surface area contributed by atoms with Crippen molar-refractivity contribution in [2.45, 2.75) is 89.6 Å². The molecule has 2 aliphatic rings. The van der Waals surface area contributed by atoms with Gasteiger partial charge in [0.15, 0.2) is 5.82 Å². The third-order valence-corrected chi connectivity index (χ3v) is 11.8. The molecule has 0 spiro atoms. The predicted octanol–water partition coefficient (Wildman–Crippen LogP) is 2.26. The highest BCUT2D eigenvalue weighted by atomic mass is 16.5. The van der Waals surface area contributed by atoms with Crippen molar-refractivity contribution in [3.05, 3.63) is 88.7 Å². The van der Waals surface area contributed by atoms with E-state index in [9.17, 15) is 29.2 Å². The van der Waals surface area contributed by atoms with E-state index in [2.05, 4.69) is 31.2 Å². The number of nitrogens with zero attached hydrogens (tertiary/aromatic N) is 4. The summed E-state index contributed by atoms with van der Waals surface area (Å²) >= 11 is 0. The number of carbonyl (C=O) groups is 5. The molecule has 0 radical (unpaired) electrons.